The molecule has 8 heteroatoms. The van der Waals surface area contributed by atoms with Crippen molar-refractivity contribution in [2.75, 3.05) is 18.6 Å². The highest BCUT2D eigenvalue weighted by molar-refractivity contribution is 7.91. The molecular weight excluding hydrogens is 392 g/mol. The molecule has 7 nitrogen and oxygen atoms in total. The Hall–Kier alpha value is -3.18. The van der Waals surface area contributed by atoms with Crippen LogP contribution in [0.4, 0.5) is 0 Å². The van der Waals surface area contributed by atoms with Crippen molar-refractivity contribution in [1.29, 1.82) is 5.26 Å². The van der Waals surface area contributed by atoms with Crippen molar-refractivity contribution in [2.24, 2.45) is 0 Å². The van der Waals surface area contributed by atoms with E-state index in [9.17, 15) is 23.3 Å². The average Bonchev–Trinajstić information content (AvgIpc) is 3.04. The third-order valence-corrected chi connectivity index (χ3v) is 6.77. The molecular formula is C21H20N2O5S. The lowest BCUT2D eigenvalue weighted by Crippen LogP contribution is -2.49. The fourth-order valence-corrected chi connectivity index (χ4v) is 5.19. The highest BCUT2D eigenvalue weighted by Gasteiger charge is 2.43. The summed E-state index contributed by atoms with van der Waals surface area (Å²) in [6.07, 6.45) is 5.11. The van der Waals surface area contributed by atoms with Crippen LogP contribution in [0, 0.1) is 11.3 Å². The third kappa shape index (κ3) is 4.00. The normalized spacial score (nSPS) is 23.1. The first-order valence-corrected chi connectivity index (χ1v) is 10.8. The van der Waals surface area contributed by atoms with Gasteiger partial charge in [-0.15, -0.1) is 0 Å². The highest BCUT2D eigenvalue weighted by Crippen LogP contribution is 2.30. The number of hydrogen-bond donors (Lipinski definition) is 0. The number of para-hydroxylation sites is 1. The molecule has 0 aromatic heterocycles. The van der Waals surface area contributed by atoms with E-state index in [-0.39, 0.29) is 34.6 Å². The van der Waals surface area contributed by atoms with Gasteiger partial charge in [0.2, 0.25) is 0 Å². The minimum absolute atomic E-state index is 0.0773. The molecule has 0 spiro atoms. The standard InChI is InChI=1S/C21H20N2O5S/c1-14-17(8-5-7-15-6-3-4-9-19(15)28-2)20(24)23(21(25)18(14)12-22)16-10-11-29(26,27)13-16/h3-9,16H,10-11,13H2,1-2H3. The zero-order valence-electron chi connectivity index (χ0n) is 16.1. The first-order chi connectivity index (χ1) is 13.8. The van der Waals surface area contributed by atoms with Crippen molar-refractivity contribution >= 4 is 27.7 Å². The predicted molar refractivity (Wildman–Crippen MR) is 107 cm³/mol. The van der Waals surface area contributed by atoms with Crippen LogP contribution in [0.15, 0.2) is 53.1 Å². The molecule has 0 bridgehead atoms. The van der Waals surface area contributed by atoms with Gasteiger partial charge >= 0.3 is 0 Å². The van der Waals surface area contributed by atoms with E-state index < -0.39 is 27.7 Å². The van der Waals surface area contributed by atoms with E-state index in [4.69, 9.17) is 4.74 Å². The Morgan fingerprint density at radius 2 is 1.97 bits per heavy atom. The summed E-state index contributed by atoms with van der Waals surface area (Å²) < 4.78 is 28.9. The number of methoxy groups -OCH3 is 1. The molecule has 0 radical (unpaired) electrons. The molecule has 150 valence electrons. The molecule has 0 saturated carbocycles. The Morgan fingerprint density at radius 3 is 2.59 bits per heavy atom. The van der Waals surface area contributed by atoms with Gasteiger partial charge in [0.1, 0.15) is 17.4 Å². The Balaban J connectivity index is 1.99. The van der Waals surface area contributed by atoms with E-state index in [0.717, 1.165) is 10.5 Å². The smallest absolute Gasteiger partial charge is 0.271 e. The molecule has 1 fully saturated rings. The molecule has 1 saturated heterocycles. The molecule has 1 atom stereocenters. The molecule has 1 unspecified atom stereocenters. The van der Waals surface area contributed by atoms with Gasteiger partial charge < -0.3 is 4.74 Å². The van der Waals surface area contributed by atoms with Gasteiger partial charge in [0.05, 0.1) is 24.7 Å². The molecule has 2 heterocycles. The van der Waals surface area contributed by atoms with Gasteiger partial charge in [0.15, 0.2) is 9.84 Å². The van der Waals surface area contributed by atoms with Crippen LogP contribution in [0.5, 0.6) is 5.75 Å². The lowest BCUT2D eigenvalue weighted by atomic mass is 9.93. The topological polar surface area (TPSA) is 105 Å². The molecule has 3 rings (SSSR count). The number of carbonyl (C=O) groups is 2. The Bertz CT molecular complexity index is 1110. The quantitative estimate of drug-likeness (QED) is 0.554. The fraction of sp³-hybridized carbons (Fsp3) is 0.286. The van der Waals surface area contributed by atoms with E-state index in [1.165, 1.54) is 6.08 Å². The summed E-state index contributed by atoms with van der Waals surface area (Å²) in [6.45, 7) is 1.54. The SMILES string of the molecule is COc1ccccc1C=CC=C1C(=O)N(C2CCS(=O)(=O)C2)C(=O)C(C#N)=C1C. The number of nitrogens with zero attached hydrogens (tertiary/aromatic N) is 2. The summed E-state index contributed by atoms with van der Waals surface area (Å²) in [6, 6.07) is 8.44. The van der Waals surface area contributed by atoms with Crippen LogP contribution in [-0.4, -0.2) is 49.8 Å². The Morgan fingerprint density at radius 1 is 1.24 bits per heavy atom. The van der Waals surface area contributed by atoms with Crippen LogP contribution in [0.1, 0.15) is 18.9 Å². The Kier molecular flexibility index (Phi) is 5.71. The van der Waals surface area contributed by atoms with Gasteiger partial charge in [-0.05, 0) is 31.1 Å². The van der Waals surface area contributed by atoms with E-state index in [1.807, 2.05) is 24.3 Å². The van der Waals surface area contributed by atoms with Crippen molar-refractivity contribution in [3.05, 3.63) is 58.7 Å². The molecule has 2 amide bonds. The first kappa shape index (κ1) is 20.6. The van der Waals surface area contributed by atoms with E-state index in [2.05, 4.69) is 0 Å². The van der Waals surface area contributed by atoms with Gasteiger partial charge in [-0.25, -0.2) is 8.42 Å². The second-order valence-electron chi connectivity index (χ2n) is 6.83. The largest absolute Gasteiger partial charge is 0.496 e. The number of allylic oxidation sites excluding steroid dienone is 2. The molecule has 1 aromatic rings. The van der Waals surface area contributed by atoms with Gasteiger partial charge in [-0.1, -0.05) is 30.4 Å². The first-order valence-electron chi connectivity index (χ1n) is 9.00. The van der Waals surface area contributed by atoms with E-state index in [1.54, 1.807) is 32.3 Å². The van der Waals surface area contributed by atoms with E-state index in [0.29, 0.717) is 5.75 Å². The zero-order valence-corrected chi connectivity index (χ0v) is 16.9. The molecule has 1 aromatic carbocycles. The number of sulfone groups is 1. The molecule has 29 heavy (non-hydrogen) atoms. The predicted octanol–water partition coefficient (Wildman–Crippen LogP) is 2.03. The molecule has 2 aliphatic rings. The summed E-state index contributed by atoms with van der Waals surface area (Å²) in [4.78, 5) is 26.6. The van der Waals surface area contributed by atoms with Crippen LogP contribution in [0.25, 0.3) is 6.08 Å². The minimum Gasteiger partial charge on any atom is -0.496 e. The molecule has 0 N–H and O–H groups in total. The number of hydrogen-bond acceptors (Lipinski definition) is 6. The van der Waals surface area contributed by atoms with E-state index >= 15 is 0 Å². The molecule has 2 aliphatic heterocycles. The van der Waals surface area contributed by atoms with Crippen molar-refractivity contribution < 1.29 is 22.7 Å². The van der Waals surface area contributed by atoms with Gasteiger partial charge in [0.25, 0.3) is 11.8 Å². The molecule has 0 aliphatic carbocycles. The van der Waals surface area contributed by atoms with Crippen molar-refractivity contribution in [3.8, 4) is 11.8 Å². The maximum absolute atomic E-state index is 13.0. The fourth-order valence-electron chi connectivity index (χ4n) is 3.49. The second kappa shape index (κ2) is 8.05. The number of imide groups is 1. The number of rotatable bonds is 4. The summed E-state index contributed by atoms with van der Waals surface area (Å²) in [5.41, 5.74) is 1.12. The zero-order chi connectivity index (χ0) is 21.2. The van der Waals surface area contributed by atoms with Crippen LogP contribution in [0.2, 0.25) is 0 Å². The van der Waals surface area contributed by atoms with Gasteiger partial charge in [-0.3, -0.25) is 14.5 Å². The van der Waals surface area contributed by atoms with Crippen molar-refractivity contribution in [1.82, 2.24) is 4.90 Å². The lowest BCUT2D eigenvalue weighted by molar-refractivity contribution is -0.142. The number of ether oxygens (including phenoxy) is 1. The summed E-state index contributed by atoms with van der Waals surface area (Å²) in [5.74, 6) is -1.00. The maximum atomic E-state index is 13.0. The number of benzene rings is 1. The van der Waals surface area contributed by atoms with Crippen molar-refractivity contribution in [2.45, 2.75) is 19.4 Å². The summed E-state index contributed by atoms with van der Waals surface area (Å²) >= 11 is 0. The number of nitriles is 1. The van der Waals surface area contributed by atoms with Crippen LogP contribution in [0.3, 0.4) is 0 Å². The van der Waals surface area contributed by atoms with Gasteiger partial charge in [0, 0.05) is 11.1 Å². The average molecular weight is 412 g/mol. The second-order valence-corrected chi connectivity index (χ2v) is 9.06. The van der Waals surface area contributed by atoms with Crippen LogP contribution < -0.4 is 4.74 Å². The number of amides is 2. The number of carbonyl (C=O) groups excluding carboxylic acids is 2. The van der Waals surface area contributed by atoms with Crippen molar-refractivity contribution in [3.63, 3.8) is 0 Å². The monoisotopic (exact) mass is 412 g/mol. The van der Waals surface area contributed by atoms with Crippen LogP contribution in [-0.2, 0) is 19.4 Å². The maximum Gasteiger partial charge on any atom is 0.271 e. The van der Waals surface area contributed by atoms with Gasteiger partial charge in [-0.2, -0.15) is 5.26 Å². The lowest BCUT2D eigenvalue weighted by Gasteiger charge is -2.31. The minimum atomic E-state index is -3.30. The third-order valence-electron chi connectivity index (χ3n) is 5.02. The Labute approximate surface area is 169 Å². The highest BCUT2D eigenvalue weighted by atomic mass is 32.2. The summed E-state index contributed by atoms with van der Waals surface area (Å²) in [7, 11) is -1.74. The summed E-state index contributed by atoms with van der Waals surface area (Å²) in [5, 5.41) is 9.42. The van der Waals surface area contributed by atoms with Crippen LogP contribution >= 0.6 is 0 Å².